The van der Waals surface area contributed by atoms with E-state index in [1.54, 1.807) is 4.90 Å². The number of aryl methyl sites for hydroxylation is 1. The molecule has 2 aliphatic rings. The predicted molar refractivity (Wildman–Crippen MR) is 113 cm³/mol. The van der Waals surface area contributed by atoms with Crippen LogP contribution in [0.5, 0.6) is 0 Å². The van der Waals surface area contributed by atoms with E-state index in [0.29, 0.717) is 13.1 Å². The standard InChI is InChI=1S/C22H26FN3O3S/c1-17-10-11-18-6-2-4-8-20(18)26(17)16-22(27)24-12-14-25(15-13-24)30(28,29)21-9-5-3-7-19(21)23/h2-9,17H,10-16H2,1H3. The zero-order valence-corrected chi connectivity index (χ0v) is 17.8. The summed E-state index contributed by atoms with van der Waals surface area (Å²) in [5, 5.41) is 0. The molecule has 0 bridgehead atoms. The molecular weight excluding hydrogens is 405 g/mol. The molecule has 0 aromatic heterocycles. The van der Waals surface area contributed by atoms with Crippen molar-refractivity contribution < 1.29 is 17.6 Å². The average molecular weight is 432 g/mol. The Bertz CT molecular complexity index is 1040. The minimum Gasteiger partial charge on any atom is -0.359 e. The molecule has 0 saturated carbocycles. The molecule has 0 spiro atoms. The van der Waals surface area contributed by atoms with Crippen LogP contribution in [-0.2, 0) is 21.2 Å². The van der Waals surface area contributed by atoms with Crippen molar-refractivity contribution in [3.8, 4) is 0 Å². The second-order valence-electron chi connectivity index (χ2n) is 7.86. The van der Waals surface area contributed by atoms with Crippen molar-refractivity contribution in [3.63, 3.8) is 0 Å². The van der Waals surface area contributed by atoms with Crippen LogP contribution in [0.1, 0.15) is 18.9 Å². The molecule has 1 fully saturated rings. The van der Waals surface area contributed by atoms with Crippen molar-refractivity contribution in [2.24, 2.45) is 0 Å². The van der Waals surface area contributed by atoms with E-state index in [2.05, 4.69) is 24.0 Å². The van der Waals surface area contributed by atoms with E-state index in [9.17, 15) is 17.6 Å². The first kappa shape index (κ1) is 20.8. The van der Waals surface area contributed by atoms with Crippen molar-refractivity contribution in [1.29, 1.82) is 0 Å². The molecule has 1 amide bonds. The first-order valence-electron chi connectivity index (χ1n) is 10.2. The van der Waals surface area contributed by atoms with Gasteiger partial charge in [0.05, 0.1) is 6.54 Å². The molecule has 0 radical (unpaired) electrons. The second kappa shape index (κ2) is 8.35. The summed E-state index contributed by atoms with van der Waals surface area (Å²) in [6, 6.07) is 13.8. The number of rotatable bonds is 4. The highest BCUT2D eigenvalue weighted by molar-refractivity contribution is 7.89. The second-order valence-corrected chi connectivity index (χ2v) is 9.77. The molecule has 1 saturated heterocycles. The van der Waals surface area contributed by atoms with E-state index in [0.717, 1.165) is 24.6 Å². The van der Waals surface area contributed by atoms with Gasteiger partial charge in [-0.15, -0.1) is 0 Å². The summed E-state index contributed by atoms with van der Waals surface area (Å²) in [6.45, 7) is 3.33. The van der Waals surface area contributed by atoms with Gasteiger partial charge in [-0.2, -0.15) is 4.31 Å². The molecule has 6 nitrogen and oxygen atoms in total. The molecular formula is C22H26FN3O3S. The number of carbonyl (C=O) groups is 1. The maximum atomic E-state index is 14.0. The number of piperazine rings is 1. The van der Waals surface area contributed by atoms with Crippen LogP contribution < -0.4 is 4.90 Å². The molecule has 1 unspecified atom stereocenters. The van der Waals surface area contributed by atoms with E-state index < -0.39 is 15.8 Å². The Morgan fingerprint density at radius 2 is 1.70 bits per heavy atom. The number of benzene rings is 2. The predicted octanol–water partition coefficient (Wildman–Crippen LogP) is 2.50. The van der Waals surface area contributed by atoms with Crippen molar-refractivity contribution in [2.75, 3.05) is 37.6 Å². The molecule has 30 heavy (non-hydrogen) atoms. The number of para-hydroxylation sites is 1. The lowest BCUT2D eigenvalue weighted by atomic mass is 9.96. The van der Waals surface area contributed by atoms with Crippen molar-refractivity contribution >= 4 is 21.6 Å². The maximum Gasteiger partial charge on any atom is 0.246 e. The van der Waals surface area contributed by atoms with Gasteiger partial charge in [0, 0.05) is 37.9 Å². The van der Waals surface area contributed by atoms with Gasteiger partial charge in [-0.3, -0.25) is 4.79 Å². The Hall–Kier alpha value is -2.45. The number of hydrogen-bond donors (Lipinski definition) is 0. The number of nitrogens with zero attached hydrogens (tertiary/aromatic N) is 3. The van der Waals surface area contributed by atoms with E-state index in [1.165, 1.54) is 28.1 Å². The molecule has 4 rings (SSSR count). The zero-order valence-electron chi connectivity index (χ0n) is 17.0. The Labute approximate surface area is 176 Å². The van der Waals surface area contributed by atoms with Crippen molar-refractivity contribution in [1.82, 2.24) is 9.21 Å². The fraction of sp³-hybridized carbons (Fsp3) is 0.409. The highest BCUT2D eigenvalue weighted by Crippen LogP contribution is 2.30. The maximum absolute atomic E-state index is 14.0. The van der Waals surface area contributed by atoms with Crippen molar-refractivity contribution in [3.05, 3.63) is 59.9 Å². The zero-order chi connectivity index (χ0) is 21.3. The minimum atomic E-state index is -3.91. The molecule has 160 valence electrons. The van der Waals surface area contributed by atoms with Gasteiger partial charge in [0.2, 0.25) is 15.9 Å². The molecule has 0 aliphatic carbocycles. The molecule has 2 aromatic rings. The number of sulfonamides is 1. The Morgan fingerprint density at radius 3 is 2.43 bits per heavy atom. The van der Waals surface area contributed by atoms with Crippen molar-refractivity contribution in [2.45, 2.75) is 30.7 Å². The first-order chi connectivity index (χ1) is 14.4. The molecule has 0 N–H and O–H groups in total. The van der Waals surface area contributed by atoms with Gasteiger partial charge in [-0.1, -0.05) is 30.3 Å². The lowest BCUT2D eigenvalue weighted by Gasteiger charge is -2.39. The summed E-state index contributed by atoms with van der Waals surface area (Å²) in [5.74, 6) is -0.768. The van der Waals surface area contributed by atoms with Crippen LogP contribution >= 0.6 is 0 Å². The van der Waals surface area contributed by atoms with Gasteiger partial charge in [-0.25, -0.2) is 12.8 Å². The van der Waals surface area contributed by atoms with Crippen LogP contribution in [-0.4, -0.2) is 62.3 Å². The smallest absolute Gasteiger partial charge is 0.246 e. The minimum absolute atomic E-state index is 0.0125. The van der Waals surface area contributed by atoms with E-state index in [-0.39, 0.29) is 36.5 Å². The largest absolute Gasteiger partial charge is 0.359 e. The van der Waals surface area contributed by atoms with Crippen LogP contribution in [0.4, 0.5) is 10.1 Å². The number of anilines is 1. The third-order valence-electron chi connectivity index (χ3n) is 6.02. The van der Waals surface area contributed by atoms with Gasteiger partial charge in [0.15, 0.2) is 0 Å². The molecule has 2 heterocycles. The monoisotopic (exact) mass is 431 g/mol. The summed E-state index contributed by atoms with van der Waals surface area (Å²) < 4.78 is 40.8. The molecule has 2 aromatic carbocycles. The average Bonchev–Trinajstić information content (AvgIpc) is 2.76. The summed E-state index contributed by atoms with van der Waals surface area (Å²) in [4.78, 5) is 16.5. The number of halogens is 1. The van der Waals surface area contributed by atoms with Gasteiger partial charge in [0.25, 0.3) is 0 Å². The lowest BCUT2D eigenvalue weighted by molar-refractivity contribution is -0.131. The fourth-order valence-electron chi connectivity index (χ4n) is 4.22. The van der Waals surface area contributed by atoms with Crippen LogP contribution in [0.25, 0.3) is 0 Å². The number of hydrogen-bond acceptors (Lipinski definition) is 4. The Kier molecular flexibility index (Phi) is 5.79. The van der Waals surface area contributed by atoms with Gasteiger partial charge in [0.1, 0.15) is 10.7 Å². The molecule has 2 aliphatic heterocycles. The Balaban J connectivity index is 1.41. The summed E-state index contributed by atoms with van der Waals surface area (Å²) in [7, 11) is -3.91. The number of carbonyl (C=O) groups excluding carboxylic acids is 1. The SMILES string of the molecule is CC1CCc2ccccc2N1CC(=O)N1CCN(S(=O)(=O)c2ccccc2F)CC1. The van der Waals surface area contributed by atoms with Crippen LogP contribution in [0.2, 0.25) is 0 Å². The van der Waals surface area contributed by atoms with E-state index >= 15 is 0 Å². The first-order valence-corrected chi connectivity index (χ1v) is 11.7. The summed E-state index contributed by atoms with van der Waals surface area (Å²) >= 11 is 0. The van der Waals surface area contributed by atoms with Gasteiger partial charge in [-0.05, 0) is 43.5 Å². The topological polar surface area (TPSA) is 60.9 Å². The highest BCUT2D eigenvalue weighted by Gasteiger charge is 2.33. The third kappa shape index (κ3) is 3.94. The van der Waals surface area contributed by atoms with Crippen LogP contribution in [0, 0.1) is 5.82 Å². The molecule has 1 atom stereocenters. The number of fused-ring (bicyclic) bond motifs is 1. The van der Waals surface area contributed by atoms with Gasteiger partial charge >= 0.3 is 0 Å². The summed E-state index contributed by atoms with van der Waals surface area (Å²) in [6.07, 6.45) is 2.01. The number of amides is 1. The van der Waals surface area contributed by atoms with E-state index in [4.69, 9.17) is 0 Å². The van der Waals surface area contributed by atoms with E-state index in [1.807, 2.05) is 12.1 Å². The quantitative estimate of drug-likeness (QED) is 0.746. The highest BCUT2D eigenvalue weighted by atomic mass is 32.2. The van der Waals surface area contributed by atoms with Crippen LogP contribution in [0.15, 0.2) is 53.4 Å². The van der Waals surface area contributed by atoms with Gasteiger partial charge < -0.3 is 9.80 Å². The lowest BCUT2D eigenvalue weighted by Crippen LogP contribution is -2.53. The normalized spacial score (nSPS) is 20.1. The van der Waals surface area contributed by atoms with Crippen LogP contribution in [0.3, 0.4) is 0 Å². The fourth-order valence-corrected chi connectivity index (χ4v) is 5.70. The Morgan fingerprint density at radius 1 is 1.03 bits per heavy atom. The molecule has 8 heteroatoms. The third-order valence-corrected chi connectivity index (χ3v) is 7.95. The summed E-state index contributed by atoms with van der Waals surface area (Å²) in [5.41, 5.74) is 2.36.